The van der Waals surface area contributed by atoms with Gasteiger partial charge in [-0.2, -0.15) is 0 Å². The van der Waals surface area contributed by atoms with Crippen LogP contribution in [-0.2, 0) is 25.4 Å². The number of hydrogen-bond acceptors (Lipinski definition) is 7. The van der Waals surface area contributed by atoms with Crippen LogP contribution in [0, 0.1) is 5.41 Å². The minimum Gasteiger partial charge on any atom is -0.497 e. The number of ether oxygens (including phenoxy) is 2. The normalized spacial score (nSPS) is 25.0. The zero-order valence-electron chi connectivity index (χ0n) is 21.8. The Labute approximate surface area is 208 Å². The van der Waals surface area contributed by atoms with Gasteiger partial charge in [0.05, 0.1) is 25.4 Å². The second-order valence-electron chi connectivity index (χ2n) is 10.5. The van der Waals surface area contributed by atoms with Gasteiger partial charge in [0.15, 0.2) is 0 Å². The van der Waals surface area contributed by atoms with E-state index in [2.05, 4.69) is 5.32 Å². The molecule has 0 radical (unpaired) electrons. The predicted octanol–water partition coefficient (Wildman–Crippen LogP) is 3.57. The number of nitrogens with one attached hydrogen (secondary N) is 1. The number of nitrogens with zero attached hydrogens (tertiary/aromatic N) is 1. The highest BCUT2D eigenvalue weighted by atomic mass is 16.7. The number of carboxylic acid groups (broad SMARTS) is 1. The summed E-state index contributed by atoms with van der Waals surface area (Å²) in [5.41, 5.74) is -0.336. The highest BCUT2D eigenvalue weighted by Crippen LogP contribution is 2.43. The number of benzene rings is 1. The lowest BCUT2D eigenvalue weighted by atomic mass is 9.72. The quantitative estimate of drug-likeness (QED) is 0.379. The Balaban J connectivity index is 1.72. The molecule has 35 heavy (non-hydrogen) atoms. The number of likely N-dealkylation sites (tertiary alicyclic amines) is 1. The summed E-state index contributed by atoms with van der Waals surface area (Å²) >= 11 is 0. The number of methoxy groups -OCH3 is 2. The number of amides is 1. The maximum absolute atomic E-state index is 12.8. The van der Waals surface area contributed by atoms with E-state index in [0.29, 0.717) is 32.3 Å². The molecule has 2 aliphatic heterocycles. The van der Waals surface area contributed by atoms with E-state index in [-0.39, 0.29) is 13.7 Å². The monoisotopic (exact) mass is 490 g/mol. The van der Waals surface area contributed by atoms with Gasteiger partial charge in [-0.1, -0.05) is 18.6 Å². The fraction of sp³-hybridized carbons (Fsp3) is 0.680. The molecule has 194 valence electrons. The van der Waals surface area contributed by atoms with Crippen LogP contribution in [0.4, 0.5) is 4.79 Å². The minimum absolute atomic E-state index is 0.288. The van der Waals surface area contributed by atoms with Crippen LogP contribution in [0.2, 0.25) is 6.32 Å². The summed E-state index contributed by atoms with van der Waals surface area (Å²) in [6, 6.07) is 6.89. The molecule has 2 saturated heterocycles. The van der Waals surface area contributed by atoms with E-state index in [4.69, 9.17) is 18.8 Å². The van der Waals surface area contributed by atoms with E-state index in [1.807, 2.05) is 52.0 Å². The smallest absolute Gasteiger partial charge is 0.457 e. The minimum atomic E-state index is -1.11. The van der Waals surface area contributed by atoms with Gasteiger partial charge in [-0.3, -0.25) is 4.90 Å². The number of rotatable bonds is 10. The summed E-state index contributed by atoms with van der Waals surface area (Å²) in [5.74, 6) is 0.262. The number of esters is 1. The average Bonchev–Trinajstić information content (AvgIpc) is 3.27. The summed E-state index contributed by atoms with van der Waals surface area (Å²) in [7, 11) is 2.60. The van der Waals surface area contributed by atoms with Gasteiger partial charge in [-0.25, -0.2) is 9.59 Å². The molecule has 3 rings (SSSR count). The zero-order valence-corrected chi connectivity index (χ0v) is 21.8. The van der Waals surface area contributed by atoms with Gasteiger partial charge in [0.2, 0.25) is 0 Å². The van der Waals surface area contributed by atoms with Crippen LogP contribution in [0.15, 0.2) is 24.3 Å². The van der Waals surface area contributed by atoms with Gasteiger partial charge in [-0.05, 0) is 64.6 Å². The highest BCUT2D eigenvalue weighted by Gasteiger charge is 2.54. The molecular formula is C25H39BN2O7. The maximum atomic E-state index is 12.8. The van der Waals surface area contributed by atoms with Crippen LogP contribution in [0.5, 0.6) is 5.75 Å². The molecule has 2 atom stereocenters. The summed E-state index contributed by atoms with van der Waals surface area (Å²) in [5, 5.41) is 13.2. The van der Waals surface area contributed by atoms with Crippen LogP contribution >= 0.6 is 0 Å². The van der Waals surface area contributed by atoms with E-state index in [1.54, 1.807) is 7.11 Å². The van der Waals surface area contributed by atoms with Crippen LogP contribution in [0.1, 0.15) is 52.5 Å². The molecule has 2 N–H and O–H groups in total. The number of carbonyl (C=O) groups is 2. The Kier molecular flexibility index (Phi) is 8.39. The van der Waals surface area contributed by atoms with Crippen molar-refractivity contribution in [2.45, 2.75) is 77.1 Å². The van der Waals surface area contributed by atoms with Crippen LogP contribution in [0.3, 0.4) is 0 Å². The molecule has 0 spiro atoms. The Morgan fingerprint density at radius 3 is 2.31 bits per heavy atom. The summed E-state index contributed by atoms with van der Waals surface area (Å²) in [6.45, 7) is 9.43. The molecular weight excluding hydrogens is 451 g/mol. The molecule has 0 bridgehead atoms. The summed E-state index contributed by atoms with van der Waals surface area (Å²) in [4.78, 5) is 26.0. The van der Waals surface area contributed by atoms with E-state index < -0.39 is 34.7 Å². The topological polar surface area (TPSA) is 107 Å². The average molecular weight is 490 g/mol. The third kappa shape index (κ3) is 5.93. The van der Waals surface area contributed by atoms with Gasteiger partial charge < -0.3 is 29.2 Å². The highest BCUT2D eigenvalue weighted by molar-refractivity contribution is 6.45. The Hall–Kier alpha value is -2.30. The van der Waals surface area contributed by atoms with E-state index >= 15 is 0 Å². The van der Waals surface area contributed by atoms with Crippen molar-refractivity contribution in [3.05, 3.63) is 29.8 Å². The fourth-order valence-corrected chi connectivity index (χ4v) is 5.07. The van der Waals surface area contributed by atoms with Crippen molar-refractivity contribution in [1.29, 1.82) is 0 Å². The molecule has 2 unspecified atom stereocenters. The Morgan fingerprint density at radius 2 is 1.77 bits per heavy atom. The molecule has 1 aromatic rings. The largest absolute Gasteiger partial charge is 0.497 e. The van der Waals surface area contributed by atoms with Crippen molar-refractivity contribution in [2.75, 3.05) is 27.3 Å². The van der Waals surface area contributed by atoms with Crippen molar-refractivity contribution >= 4 is 19.2 Å². The molecule has 9 nitrogen and oxygen atoms in total. The second kappa shape index (κ2) is 10.8. The lowest BCUT2D eigenvalue weighted by Gasteiger charge is -2.36. The van der Waals surface area contributed by atoms with Gasteiger partial charge >= 0.3 is 19.2 Å². The first kappa shape index (κ1) is 27.3. The van der Waals surface area contributed by atoms with Crippen molar-refractivity contribution in [3.8, 4) is 5.75 Å². The van der Waals surface area contributed by atoms with E-state index in [0.717, 1.165) is 17.7 Å². The summed E-state index contributed by atoms with van der Waals surface area (Å²) in [6.07, 6.45) is 1.48. The lowest BCUT2D eigenvalue weighted by molar-refractivity contribution is -0.149. The first-order chi connectivity index (χ1) is 16.4. The van der Waals surface area contributed by atoms with Crippen molar-refractivity contribution in [1.82, 2.24) is 10.2 Å². The van der Waals surface area contributed by atoms with Gasteiger partial charge in [0.25, 0.3) is 0 Å². The zero-order chi connectivity index (χ0) is 25.9. The fourth-order valence-electron chi connectivity index (χ4n) is 5.07. The lowest BCUT2D eigenvalue weighted by Crippen LogP contribution is -2.52. The third-order valence-electron chi connectivity index (χ3n) is 7.79. The number of carbonyl (C=O) groups excluding carboxylic acids is 1. The first-order valence-electron chi connectivity index (χ1n) is 12.2. The molecule has 0 aromatic heterocycles. The maximum Gasteiger partial charge on any atom is 0.457 e. The molecule has 1 amide bonds. The standard InChI is InChI=1S/C25H39BN2O7/c1-23(2)24(3,4)35-26(34-23)14-7-12-25(13-15-28(22(30)31)20(25)21(29)33-6)17-27-16-18-8-10-19(32-5)11-9-18/h8-11,20,27H,7,12-17H2,1-6H3,(H,30,31). The van der Waals surface area contributed by atoms with Gasteiger partial charge in [0.1, 0.15) is 11.8 Å². The second-order valence-corrected chi connectivity index (χ2v) is 10.5. The molecule has 2 fully saturated rings. The van der Waals surface area contributed by atoms with Crippen LogP contribution < -0.4 is 10.1 Å². The van der Waals surface area contributed by atoms with Crippen molar-refractivity contribution in [3.63, 3.8) is 0 Å². The van der Waals surface area contributed by atoms with Crippen molar-refractivity contribution in [2.24, 2.45) is 5.41 Å². The van der Waals surface area contributed by atoms with Gasteiger partial charge in [0, 0.05) is 25.0 Å². The molecule has 2 aliphatic rings. The Bertz CT molecular complexity index is 876. The van der Waals surface area contributed by atoms with Crippen LogP contribution in [0.25, 0.3) is 0 Å². The molecule has 10 heteroatoms. The van der Waals surface area contributed by atoms with Gasteiger partial charge in [-0.15, -0.1) is 0 Å². The summed E-state index contributed by atoms with van der Waals surface area (Å²) < 4.78 is 22.5. The SMILES string of the molecule is COC(=O)C1N(C(=O)O)CCC1(CCCB1OC(C)(C)C(C)(C)O1)CNCc1ccc(OC)cc1. The first-order valence-corrected chi connectivity index (χ1v) is 12.2. The van der Waals surface area contributed by atoms with E-state index in [9.17, 15) is 14.7 Å². The van der Waals surface area contributed by atoms with Crippen molar-refractivity contribution < 1.29 is 33.5 Å². The molecule has 0 saturated carbocycles. The van der Waals surface area contributed by atoms with Crippen LogP contribution in [-0.4, -0.2) is 73.7 Å². The van der Waals surface area contributed by atoms with E-state index in [1.165, 1.54) is 12.0 Å². The Morgan fingerprint density at radius 1 is 1.14 bits per heavy atom. The third-order valence-corrected chi connectivity index (χ3v) is 7.79. The number of hydrogen-bond donors (Lipinski definition) is 2. The molecule has 0 aliphatic carbocycles. The molecule has 1 aromatic carbocycles. The predicted molar refractivity (Wildman–Crippen MR) is 132 cm³/mol. The molecule has 2 heterocycles.